The Morgan fingerprint density at radius 1 is 1.05 bits per heavy atom. The van der Waals surface area contributed by atoms with Gasteiger partial charge in [-0.3, -0.25) is 4.98 Å². The number of anilines is 1. The fourth-order valence-corrected chi connectivity index (χ4v) is 2.71. The van der Waals surface area contributed by atoms with Gasteiger partial charge in [0.05, 0.1) is 0 Å². The van der Waals surface area contributed by atoms with Crippen LogP contribution in [0, 0.1) is 0 Å². The van der Waals surface area contributed by atoms with Crippen molar-refractivity contribution in [1.82, 2.24) is 4.98 Å². The summed E-state index contributed by atoms with van der Waals surface area (Å²) in [5.74, 6) is 0. The maximum absolute atomic E-state index is 4.06. The Morgan fingerprint density at radius 2 is 1.79 bits per heavy atom. The van der Waals surface area contributed by atoms with Gasteiger partial charge in [0.25, 0.3) is 0 Å². The molecule has 3 rings (SSSR count). The molecule has 1 N–H and O–H groups in total. The van der Waals surface area contributed by atoms with Crippen LogP contribution in [0.15, 0.2) is 42.7 Å². The number of benzene rings is 1. The minimum absolute atomic E-state index is 0.252. The first-order valence-electron chi connectivity index (χ1n) is 6.91. The molecular formula is C17H20N2. The molecule has 0 fully saturated rings. The van der Waals surface area contributed by atoms with Crippen molar-refractivity contribution < 1.29 is 0 Å². The van der Waals surface area contributed by atoms with Gasteiger partial charge in [0.1, 0.15) is 0 Å². The first-order valence-corrected chi connectivity index (χ1v) is 6.91. The number of nitrogens with zero attached hydrogens (tertiary/aromatic N) is 1. The molecule has 2 heterocycles. The lowest BCUT2D eigenvalue weighted by Crippen LogP contribution is -2.19. The molecule has 0 bridgehead atoms. The Balaban J connectivity index is 1.77. The van der Waals surface area contributed by atoms with E-state index in [1.165, 1.54) is 22.4 Å². The van der Waals surface area contributed by atoms with Gasteiger partial charge in [-0.2, -0.15) is 0 Å². The van der Waals surface area contributed by atoms with E-state index in [-0.39, 0.29) is 5.41 Å². The smallest absolute Gasteiger partial charge is 0.0379 e. The molecule has 0 atom stereocenters. The predicted octanol–water partition coefficient (Wildman–Crippen LogP) is 3.57. The topological polar surface area (TPSA) is 24.9 Å². The van der Waals surface area contributed by atoms with Gasteiger partial charge in [0.2, 0.25) is 0 Å². The van der Waals surface area contributed by atoms with Gasteiger partial charge < -0.3 is 5.32 Å². The number of rotatable bonds is 3. The van der Waals surface area contributed by atoms with Crippen LogP contribution in [0.5, 0.6) is 0 Å². The number of aromatic nitrogens is 1. The van der Waals surface area contributed by atoms with Gasteiger partial charge in [0, 0.05) is 30.0 Å². The van der Waals surface area contributed by atoms with E-state index in [9.17, 15) is 0 Å². The third-order valence-electron chi connectivity index (χ3n) is 3.99. The van der Waals surface area contributed by atoms with Gasteiger partial charge >= 0.3 is 0 Å². The zero-order valence-electron chi connectivity index (χ0n) is 11.6. The summed E-state index contributed by atoms with van der Waals surface area (Å²) in [5.41, 5.74) is 5.79. The second-order valence-corrected chi connectivity index (χ2v) is 5.97. The molecule has 1 aromatic heterocycles. The summed E-state index contributed by atoms with van der Waals surface area (Å²) in [6, 6.07) is 11.0. The van der Waals surface area contributed by atoms with Crippen molar-refractivity contribution in [3.05, 3.63) is 59.4 Å². The standard InChI is InChI=1S/C17H20N2/c1-17(2)12-19-16-6-5-14(11-15(16)17)4-3-13-7-9-18-10-8-13/h5-11,19H,3-4,12H2,1-2H3. The molecular weight excluding hydrogens is 232 g/mol. The van der Waals surface area contributed by atoms with Gasteiger partial charge in [-0.15, -0.1) is 0 Å². The average molecular weight is 252 g/mol. The van der Waals surface area contributed by atoms with Crippen LogP contribution in [0.25, 0.3) is 0 Å². The molecule has 19 heavy (non-hydrogen) atoms. The van der Waals surface area contributed by atoms with Crippen LogP contribution in [-0.2, 0) is 18.3 Å². The van der Waals surface area contributed by atoms with E-state index >= 15 is 0 Å². The molecule has 1 aliphatic heterocycles. The highest BCUT2D eigenvalue weighted by Crippen LogP contribution is 2.36. The van der Waals surface area contributed by atoms with Gasteiger partial charge in [0.15, 0.2) is 0 Å². The van der Waals surface area contributed by atoms with Gasteiger partial charge in [-0.25, -0.2) is 0 Å². The molecule has 98 valence electrons. The molecule has 2 heteroatoms. The number of aryl methyl sites for hydroxylation is 2. The number of fused-ring (bicyclic) bond motifs is 1. The van der Waals surface area contributed by atoms with Crippen LogP contribution in [0.1, 0.15) is 30.5 Å². The molecule has 1 aliphatic rings. The minimum atomic E-state index is 0.252. The van der Waals surface area contributed by atoms with Crippen LogP contribution >= 0.6 is 0 Å². The molecule has 2 nitrogen and oxygen atoms in total. The fraction of sp³-hybridized carbons (Fsp3) is 0.353. The summed E-state index contributed by atoms with van der Waals surface area (Å²) in [7, 11) is 0. The fourth-order valence-electron chi connectivity index (χ4n) is 2.71. The molecule has 0 spiro atoms. The zero-order chi connectivity index (χ0) is 13.3. The normalized spacial score (nSPS) is 15.9. The largest absolute Gasteiger partial charge is 0.384 e. The monoisotopic (exact) mass is 252 g/mol. The molecule has 0 unspecified atom stereocenters. The summed E-state index contributed by atoms with van der Waals surface area (Å²) in [4.78, 5) is 4.06. The van der Waals surface area contributed by atoms with Crippen molar-refractivity contribution in [3.63, 3.8) is 0 Å². The Labute approximate surface area is 114 Å². The van der Waals surface area contributed by atoms with E-state index in [2.05, 4.69) is 54.5 Å². The van der Waals surface area contributed by atoms with E-state index in [4.69, 9.17) is 0 Å². The van der Waals surface area contributed by atoms with Crippen molar-refractivity contribution in [3.8, 4) is 0 Å². The number of pyridine rings is 1. The predicted molar refractivity (Wildman–Crippen MR) is 79.6 cm³/mol. The third-order valence-corrected chi connectivity index (χ3v) is 3.99. The lowest BCUT2D eigenvalue weighted by molar-refractivity contribution is 0.585. The van der Waals surface area contributed by atoms with Crippen molar-refractivity contribution in [2.75, 3.05) is 11.9 Å². The maximum Gasteiger partial charge on any atom is 0.0379 e. The zero-order valence-corrected chi connectivity index (χ0v) is 11.6. The molecule has 0 amide bonds. The van der Waals surface area contributed by atoms with Crippen molar-refractivity contribution in [1.29, 1.82) is 0 Å². The Morgan fingerprint density at radius 3 is 2.58 bits per heavy atom. The second kappa shape index (κ2) is 4.69. The van der Waals surface area contributed by atoms with Crippen LogP contribution in [0.3, 0.4) is 0 Å². The third kappa shape index (κ3) is 2.48. The van der Waals surface area contributed by atoms with E-state index in [0.29, 0.717) is 0 Å². The van der Waals surface area contributed by atoms with Crippen LogP contribution in [-0.4, -0.2) is 11.5 Å². The highest BCUT2D eigenvalue weighted by Gasteiger charge is 2.29. The van der Waals surface area contributed by atoms with Gasteiger partial charge in [-0.1, -0.05) is 26.0 Å². The Hall–Kier alpha value is -1.83. The summed E-state index contributed by atoms with van der Waals surface area (Å²) < 4.78 is 0. The molecule has 0 aliphatic carbocycles. The molecule has 0 saturated heterocycles. The summed E-state index contributed by atoms with van der Waals surface area (Å²) in [5, 5.41) is 3.48. The number of hydrogen-bond acceptors (Lipinski definition) is 2. The van der Waals surface area contributed by atoms with Crippen LogP contribution < -0.4 is 5.32 Å². The van der Waals surface area contributed by atoms with E-state index in [1.807, 2.05) is 12.4 Å². The Kier molecular flexibility index (Phi) is 3.02. The summed E-state index contributed by atoms with van der Waals surface area (Å²) >= 11 is 0. The SMILES string of the molecule is CC1(C)CNc2ccc(CCc3ccncc3)cc21. The van der Waals surface area contributed by atoms with Crippen LogP contribution in [0.2, 0.25) is 0 Å². The molecule has 0 saturated carbocycles. The first kappa shape index (κ1) is 12.2. The maximum atomic E-state index is 4.06. The minimum Gasteiger partial charge on any atom is -0.384 e. The van der Waals surface area contributed by atoms with E-state index in [0.717, 1.165) is 19.4 Å². The highest BCUT2D eigenvalue weighted by atomic mass is 14.9. The molecule has 1 aromatic carbocycles. The van der Waals surface area contributed by atoms with Crippen molar-refractivity contribution in [2.24, 2.45) is 0 Å². The van der Waals surface area contributed by atoms with Crippen molar-refractivity contribution in [2.45, 2.75) is 32.1 Å². The quantitative estimate of drug-likeness (QED) is 0.903. The summed E-state index contributed by atoms with van der Waals surface area (Å²) in [6.45, 7) is 5.65. The number of nitrogens with one attached hydrogen (secondary N) is 1. The molecule has 0 radical (unpaired) electrons. The molecule has 2 aromatic rings. The first-order chi connectivity index (χ1) is 9.15. The second-order valence-electron chi connectivity index (χ2n) is 5.97. The number of hydrogen-bond donors (Lipinski definition) is 1. The van der Waals surface area contributed by atoms with Crippen molar-refractivity contribution >= 4 is 5.69 Å². The highest BCUT2D eigenvalue weighted by molar-refractivity contribution is 5.60. The van der Waals surface area contributed by atoms with Crippen LogP contribution in [0.4, 0.5) is 5.69 Å². The average Bonchev–Trinajstić information content (AvgIpc) is 2.73. The van der Waals surface area contributed by atoms with Gasteiger partial charge in [-0.05, 0) is 47.7 Å². The van der Waals surface area contributed by atoms with E-state index in [1.54, 1.807) is 0 Å². The summed E-state index contributed by atoms with van der Waals surface area (Å²) in [6.07, 6.45) is 5.90. The Bertz CT molecular complexity index is 573. The van der Waals surface area contributed by atoms with E-state index < -0.39 is 0 Å². The lowest BCUT2D eigenvalue weighted by atomic mass is 9.85. The lowest BCUT2D eigenvalue weighted by Gasteiger charge is -2.17.